The quantitative estimate of drug-likeness (QED) is 0.733. The summed E-state index contributed by atoms with van der Waals surface area (Å²) in [6.07, 6.45) is 3.14. The van der Waals surface area contributed by atoms with Gasteiger partial charge in [0.2, 0.25) is 0 Å². The first-order valence-corrected chi connectivity index (χ1v) is 5.17. The largest absolute Gasteiger partial charge is 0.324 e. The van der Waals surface area contributed by atoms with Gasteiger partial charge in [0.15, 0.2) is 0 Å². The van der Waals surface area contributed by atoms with Gasteiger partial charge < -0.3 is 5.73 Å². The SMILES string of the molecule is CCc1ccc(Cl)c2c1[C@@H](N)CC2. The summed E-state index contributed by atoms with van der Waals surface area (Å²) in [5.41, 5.74) is 10.00. The van der Waals surface area contributed by atoms with Gasteiger partial charge in [-0.1, -0.05) is 24.6 Å². The molecule has 0 saturated heterocycles. The van der Waals surface area contributed by atoms with Crippen LogP contribution >= 0.6 is 11.6 Å². The van der Waals surface area contributed by atoms with E-state index < -0.39 is 0 Å². The van der Waals surface area contributed by atoms with Crippen LogP contribution in [0.25, 0.3) is 0 Å². The number of nitrogens with two attached hydrogens (primary N) is 1. The van der Waals surface area contributed by atoms with E-state index in [0.29, 0.717) is 0 Å². The molecule has 0 amide bonds. The minimum atomic E-state index is 0.212. The molecule has 0 aromatic heterocycles. The maximum atomic E-state index is 6.11. The number of aryl methyl sites for hydroxylation is 1. The lowest BCUT2D eigenvalue weighted by molar-refractivity contribution is 0.707. The summed E-state index contributed by atoms with van der Waals surface area (Å²) >= 11 is 6.11. The molecule has 2 rings (SSSR count). The summed E-state index contributed by atoms with van der Waals surface area (Å²) in [5.74, 6) is 0. The molecule has 1 aliphatic carbocycles. The fourth-order valence-electron chi connectivity index (χ4n) is 2.16. The predicted octanol–water partition coefficient (Wildman–Crippen LogP) is 2.85. The van der Waals surface area contributed by atoms with Crippen molar-refractivity contribution in [2.24, 2.45) is 5.73 Å². The van der Waals surface area contributed by atoms with Gasteiger partial charge in [-0.05, 0) is 42.0 Å². The van der Waals surface area contributed by atoms with E-state index in [2.05, 4.69) is 13.0 Å². The van der Waals surface area contributed by atoms with Crippen molar-refractivity contribution in [1.82, 2.24) is 0 Å². The molecule has 70 valence electrons. The highest BCUT2D eigenvalue weighted by Gasteiger charge is 2.23. The number of fused-ring (bicyclic) bond motifs is 1. The van der Waals surface area contributed by atoms with E-state index in [9.17, 15) is 0 Å². The molecule has 0 radical (unpaired) electrons. The maximum absolute atomic E-state index is 6.11. The van der Waals surface area contributed by atoms with Crippen LogP contribution in [0.15, 0.2) is 12.1 Å². The van der Waals surface area contributed by atoms with Crippen LogP contribution < -0.4 is 5.73 Å². The summed E-state index contributed by atoms with van der Waals surface area (Å²) in [4.78, 5) is 0. The summed E-state index contributed by atoms with van der Waals surface area (Å²) in [6, 6.07) is 4.31. The maximum Gasteiger partial charge on any atom is 0.0441 e. The molecule has 1 aliphatic rings. The Morgan fingerprint density at radius 2 is 2.31 bits per heavy atom. The van der Waals surface area contributed by atoms with E-state index in [4.69, 9.17) is 17.3 Å². The smallest absolute Gasteiger partial charge is 0.0441 e. The van der Waals surface area contributed by atoms with Crippen LogP contribution in [0.4, 0.5) is 0 Å². The topological polar surface area (TPSA) is 26.0 Å². The molecule has 0 unspecified atom stereocenters. The van der Waals surface area contributed by atoms with Gasteiger partial charge in [-0.25, -0.2) is 0 Å². The molecule has 1 nitrogen and oxygen atoms in total. The Bertz CT molecular complexity index is 333. The van der Waals surface area contributed by atoms with Crippen molar-refractivity contribution in [3.8, 4) is 0 Å². The first-order valence-electron chi connectivity index (χ1n) is 4.79. The third-order valence-electron chi connectivity index (χ3n) is 2.85. The van der Waals surface area contributed by atoms with Crippen molar-refractivity contribution in [2.75, 3.05) is 0 Å². The summed E-state index contributed by atoms with van der Waals surface area (Å²) < 4.78 is 0. The Morgan fingerprint density at radius 3 is 3.00 bits per heavy atom. The van der Waals surface area contributed by atoms with Crippen molar-refractivity contribution in [1.29, 1.82) is 0 Å². The van der Waals surface area contributed by atoms with Crippen LogP contribution in [0.1, 0.15) is 36.1 Å². The summed E-state index contributed by atoms with van der Waals surface area (Å²) in [5, 5.41) is 0.889. The van der Waals surface area contributed by atoms with Crippen molar-refractivity contribution in [2.45, 2.75) is 32.2 Å². The lowest BCUT2D eigenvalue weighted by Gasteiger charge is -2.11. The first-order chi connectivity index (χ1) is 6.24. The molecule has 1 atom stereocenters. The zero-order valence-electron chi connectivity index (χ0n) is 7.81. The molecular weight excluding hydrogens is 182 g/mol. The standard InChI is InChI=1S/C11H14ClN/c1-2-7-3-5-9(12)8-4-6-10(13)11(7)8/h3,5,10H,2,4,6,13H2,1H3/t10-/m0/s1. The van der Waals surface area contributed by atoms with Gasteiger partial charge >= 0.3 is 0 Å². The van der Waals surface area contributed by atoms with Crippen LogP contribution in [0.3, 0.4) is 0 Å². The Morgan fingerprint density at radius 1 is 1.54 bits per heavy atom. The Kier molecular flexibility index (Phi) is 2.31. The fraction of sp³-hybridized carbons (Fsp3) is 0.455. The average molecular weight is 196 g/mol. The lowest BCUT2D eigenvalue weighted by Crippen LogP contribution is -2.08. The van der Waals surface area contributed by atoms with E-state index in [1.54, 1.807) is 0 Å². The van der Waals surface area contributed by atoms with Gasteiger partial charge in [0.25, 0.3) is 0 Å². The van der Waals surface area contributed by atoms with E-state index in [-0.39, 0.29) is 6.04 Å². The molecule has 0 spiro atoms. The Hall–Kier alpha value is -0.530. The van der Waals surface area contributed by atoms with Crippen LogP contribution in [-0.2, 0) is 12.8 Å². The van der Waals surface area contributed by atoms with Gasteiger partial charge in [-0.3, -0.25) is 0 Å². The number of hydrogen-bond donors (Lipinski definition) is 1. The van der Waals surface area contributed by atoms with Crippen molar-refractivity contribution >= 4 is 11.6 Å². The Labute approximate surface area is 83.9 Å². The molecule has 0 heterocycles. The molecule has 0 fully saturated rings. The molecule has 0 saturated carbocycles. The molecule has 1 aromatic rings. The van der Waals surface area contributed by atoms with Crippen molar-refractivity contribution in [3.63, 3.8) is 0 Å². The monoisotopic (exact) mass is 195 g/mol. The number of benzene rings is 1. The predicted molar refractivity (Wildman–Crippen MR) is 56.1 cm³/mol. The minimum absolute atomic E-state index is 0.212. The first kappa shape index (κ1) is 9.04. The van der Waals surface area contributed by atoms with Crippen LogP contribution in [0.2, 0.25) is 5.02 Å². The normalized spacial score (nSPS) is 20.4. The van der Waals surface area contributed by atoms with Gasteiger partial charge in [0.05, 0.1) is 0 Å². The number of rotatable bonds is 1. The highest BCUT2D eigenvalue weighted by Crippen LogP contribution is 2.36. The molecule has 2 heteroatoms. The fourth-order valence-corrected chi connectivity index (χ4v) is 2.41. The van der Waals surface area contributed by atoms with Gasteiger partial charge in [-0.2, -0.15) is 0 Å². The van der Waals surface area contributed by atoms with E-state index >= 15 is 0 Å². The molecule has 13 heavy (non-hydrogen) atoms. The molecule has 0 bridgehead atoms. The highest BCUT2D eigenvalue weighted by atomic mass is 35.5. The van der Waals surface area contributed by atoms with Crippen LogP contribution in [0.5, 0.6) is 0 Å². The minimum Gasteiger partial charge on any atom is -0.324 e. The third-order valence-corrected chi connectivity index (χ3v) is 3.20. The van der Waals surface area contributed by atoms with Crippen LogP contribution in [-0.4, -0.2) is 0 Å². The van der Waals surface area contributed by atoms with E-state index in [1.165, 1.54) is 16.7 Å². The average Bonchev–Trinajstić information content (AvgIpc) is 2.51. The molecule has 1 aromatic carbocycles. The second-order valence-electron chi connectivity index (χ2n) is 3.60. The zero-order chi connectivity index (χ0) is 9.42. The van der Waals surface area contributed by atoms with E-state index in [0.717, 1.165) is 24.3 Å². The van der Waals surface area contributed by atoms with Crippen molar-refractivity contribution in [3.05, 3.63) is 33.8 Å². The molecular formula is C11H14ClN. The second kappa shape index (κ2) is 3.32. The molecule has 2 N–H and O–H groups in total. The summed E-state index contributed by atoms with van der Waals surface area (Å²) in [6.45, 7) is 2.16. The van der Waals surface area contributed by atoms with Gasteiger partial charge in [0, 0.05) is 11.1 Å². The highest BCUT2D eigenvalue weighted by molar-refractivity contribution is 6.31. The van der Waals surface area contributed by atoms with E-state index in [1.807, 2.05) is 6.07 Å². The summed E-state index contributed by atoms with van der Waals surface area (Å²) in [7, 11) is 0. The van der Waals surface area contributed by atoms with Gasteiger partial charge in [-0.15, -0.1) is 0 Å². The second-order valence-corrected chi connectivity index (χ2v) is 4.00. The van der Waals surface area contributed by atoms with Crippen molar-refractivity contribution < 1.29 is 0 Å². The van der Waals surface area contributed by atoms with Crippen LogP contribution in [0, 0.1) is 0 Å². The number of hydrogen-bond acceptors (Lipinski definition) is 1. The number of halogens is 1. The zero-order valence-corrected chi connectivity index (χ0v) is 8.56. The molecule has 0 aliphatic heterocycles. The third kappa shape index (κ3) is 1.36. The lowest BCUT2D eigenvalue weighted by atomic mass is 9.99. The Balaban J connectivity index is 2.60. The van der Waals surface area contributed by atoms with Gasteiger partial charge in [0.1, 0.15) is 0 Å².